The van der Waals surface area contributed by atoms with Crippen molar-refractivity contribution in [1.29, 1.82) is 0 Å². The molecular formula is C20H15N3O4. The first kappa shape index (κ1) is 16.7. The predicted octanol–water partition coefficient (Wildman–Crippen LogP) is 2.68. The Bertz CT molecular complexity index is 1290. The van der Waals surface area contributed by atoms with Crippen molar-refractivity contribution in [2.45, 2.75) is 13.0 Å². The highest BCUT2D eigenvalue weighted by atomic mass is 16.5. The van der Waals surface area contributed by atoms with Crippen LogP contribution in [0.2, 0.25) is 0 Å². The number of ether oxygens (including phenoxy) is 1. The number of nitrogens with one attached hydrogen (secondary N) is 2. The lowest BCUT2D eigenvalue weighted by Gasteiger charge is -2.14. The van der Waals surface area contributed by atoms with E-state index in [4.69, 9.17) is 4.74 Å². The zero-order valence-electron chi connectivity index (χ0n) is 14.4. The second-order valence-electron chi connectivity index (χ2n) is 6.11. The Labute approximate surface area is 152 Å². The first-order valence-corrected chi connectivity index (χ1v) is 8.35. The van der Waals surface area contributed by atoms with Crippen molar-refractivity contribution < 1.29 is 9.53 Å². The fourth-order valence-corrected chi connectivity index (χ4v) is 2.95. The van der Waals surface area contributed by atoms with Gasteiger partial charge in [-0.25, -0.2) is 9.78 Å². The Balaban J connectivity index is 1.70. The van der Waals surface area contributed by atoms with Crippen molar-refractivity contribution in [3.8, 4) is 0 Å². The summed E-state index contributed by atoms with van der Waals surface area (Å²) in [5.41, 5.74) is 0.512. The molecule has 0 fully saturated rings. The van der Waals surface area contributed by atoms with Gasteiger partial charge in [0, 0.05) is 17.0 Å². The van der Waals surface area contributed by atoms with Crippen LogP contribution in [0.1, 0.15) is 29.2 Å². The molecule has 2 N–H and O–H groups in total. The summed E-state index contributed by atoms with van der Waals surface area (Å²) in [6.07, 6.45) is -0.798. The second-order valence-corrected chi connectivity index (χ2v) is 6.11. The monoisotopic (exact) mass is 361 g/mol. The number of pyridine rings is 1. The Hall–Kier alpha value is -3.74. The van der Waals surface area contributed by atoms with Gasteiger partial charge in [-0.1, -0.05) is 30.3 Å². The molecule has 0 amide bonds. The number of aromatic nitrogens is 3. The lowest BCUT2D eigenvalue weighted by atomic mass is 10.1. The summed E-state index contributed by atoms with van der Waals surface area (Å²) in [6.45, 7) is 1.61. The number of carbonyl (C=O) groups excluding carboxylic acids is 1. The van der Waals surface area contributed by atoms with Crippen LogP contribution in [0, 0.1) is 0 Å². The smallest absolute Gasteiger partial charge is 0.339 e. The molecule has 0 bridgehead atoms. The molecular weight excluding hydrogens is 346 g/mol. The molecule has 7 heteroatoms. The van der Waals surface area contributed by atoms with E-state index >= 15 is 0 Å². The molecule has 0 saturated carbocycles. The number of hydrogen-bond donors (Lipinski definition) is 2. The maximum absolute atomic E-state index is 12.6. The molecule has 0 radical (unpaired) electrons. The number of para-hydroxylation sites is 2. The van der Waals surface area contributed by atoms with E-state index in [-0.39, 0.29) is 16.9 Å². The second kappa shape index (κ2) is 6.53. The summed E-state index contributed by atoms with van der Waals surface area (Å²) >= 11 is 0. The third kappa shape index (κ3) is 3.10. The largest absolute Gasteiger partial charge is 0.451 e. The topological polar surface area (TPSA) is 105 Å². The summed E-state index contributed by atoms with van der Waals surface area (Å²) in [6, 6.07) is 15.1. The van der Waals surface area contributed by atoms with Crippen molar-refractivity contribution in [3.05, 3.63) is 86.7 Å². The number of carbonyl (C=O) groups is 1. The Morgan fingerprint density at radius 1 is 1.00 bits per heavy atom. The van der Waals surface area contributed by atoms with Gasteiger partial charge in [0.25, 0.3) is 5.56 Å². The van der Waals surface area contributed by atoms with E-state index in [2.05, 4.69) is 15.0 Å². The van der Waals surface area contributed by atoms with Crippen LogP contribution >= 0.6 is 0 Å². The van der Waals surface area contributed by atoms with Gasteiger partial charge in [-0.05, 0) is 25.1 Å². The van der Waals surface area contributed by atoms with Crippen molar-refractivity contribution in [1.82, 2.24) is 15.0 Å². The fraction of sp³-hybridized carbons (Fsp3) is 0.100. The highest BCUT2D eigenvalue weighted by Crippen LogP contribution is 2.20. The van der Waals surface area contributed by atoms with Crippen LogP contribution in [0.25, 0.3) is 21.8 Å². The van der Waals surface area contributed by atoms with Gasteiger partial charge in [-0.15, -0.1) is 0 Å². The minimum Gasteiger partial charge on any atom is -0.451 e. The third-order valence-corrected chi connectivity index (χ3v) is 4.27. The quantitative estimate of drug-likeness (QED) is 0.546. The number of nitrogens with zero attached hydrogens (tertiary/aromatic N) is 1. The van der Waals surface area contributed by atoms with Gasteiger partial charge in [-0.3, -0.25) is 9.59 Å². The van der Waals surface area contributed by atoms with E-state index in [1.807, 2.05) is 0 Å². The molecule has 2 aromatic heterocycles. The number of H-pyrrole nitrogens is 2. The van der Waals surface area contributed by atoms with Gasteiger partial charge in [0.2, 0.25) is 5.56 Å². The standard InChI is InChI=1S/C20H15N3O4/c1-11(18-22-16-9-5-3-7-13(16)19(25)23-18)27-20(26)14-10-17(24)21-15-8-4-2-6-12(14)15/h2-11H,1H3,(H,21,24)(H,22,23,25)/t11-/m1/s1. The molecule has 27 heavy (non-hydrogen) atoms. The summed E-state index contributed by atoms with van der Waals surface area (Å²) < 4.78 is 5.47. The summed E-state index contributed by atoms with van der Waals surface area (Å²) in [5, 5.41) is 1.04. The lowest BCUT2D eigenvalue weighted by Crippen LogP contribution is -2.18. The molecule has 1 atom stereocenters. The van der Waals surface area contributed by atoms with Gasteiger partial charge in [0.15, 0.2) is 11.9 Å². The van der Waals surface area contributed by atoms with Gasteiger partial charge in [0.1, 0.15) is 0 Å². The summed E-state index contributed by atoms with van der Waals surface area (Å²) in [5.74, 6) is -0.429. The van der Waals surface area contributed by atoms with E-state index < -0.39 is 17.6 Å². The average Bonchev–Trinajstić information content (AvgIpc) is 2.67. The van der Waals surface area contributed by atoms with Crippen LogP contribution in [0.15, 0.2) is 64.2 Å². The van der Waals surface area contributed by atoms with E-state index in [1.54, 1.807) is 55.5 Å². The first-order valence-electron chi connectivity index (χ1n) is 8.35. The molecule has 2 aromatic carbocycles. The van der Waals surface area contributed by atoms with Crippen LogP contribution in [-0.2, 0) is 4.74 Å². The highest BCUT2D eigenvalue weighted by Gasteiger charge is 2.19. The Morgan fingerprint density at radius 3 is 2.52 bits per heavy atom. The first-order chi connectivity index (χ1) is 13.0. The van der Waals surface area contributed by atoms with Gasteiger partial charge in [0.05, 0.1) is 16.5 Å². The highest BCUT2D eigenvalue weighted by molar-refractivity contribution is 6.03. The van der Waals surface area contributed by atoms with Crippen LogP contribution in [0.4, 0.5) is 0 Å². The van der Waals surface area contributed by atoms with Crippen molar-refractivity contribution in [2.24, 2.45) is 0 Å². The molecule has 2 heterocycles. The SMILES string of the molecule is C[C@@H](OC(=O)c1cc(=O)[nH]c2ccccc12)c1nc2ccccc2c(=O)[nH]1. The van der Waals surface area contributed by atoms with Crippen LogP contribution in [0.3, 0.4) is 0 Å². The number of aromatic amines is 2. The molecule has 0 aliphatic heterocycles. The maximum atomic E-state index is 12.6. The van der Waals surface area contributed by atoms with Crippen molar-refractivity contribution >= 4 is 27.8 Å². The number of esters is 1. The van der Waals surface area contributed by atoms with E-state index in [0.29, 0.717) is 21.8 Å². The molecule has 0 aliphatic rings. The number of hydrogen-bond acceptors (Lipinski definition) is 5. The number of benzene rings is 2. The molecule has 4 rings (SSSR count). The van der Waals surface area contributed by atoms with Crippen molar-refractivity contribution in [3.63, 3.8) is 0 Å². The van der Waals surface area contributed by atoms with Crippen molar-refractivity contribution in [2.75, 3.05) is 0 Å². The Morgan fingerprint density at radius 2 is 1.70 bits per heavy atom. The number of fused-ring (bicyclic) bond motifs is 2. The van der Waals surface area contributed by atoms with Gasteiger partial charge in [-0.2, -0.15) is 0 Å². The summed E-state index contributed by atoms with van der Waals surface area (Å²) in [4.78, 5) is 46.4. The van der Waals surface area contributed by atoms with E-state index in [9.17, 15) is 14.4 Å². The molecule has 0 aliphatic carbocycles. The zero-order valence-corrected chi connectivity index (χ0v) is 14.4. The van der Waals surface area contributed by atoms with Gasteiger partial charge < -0.3 is 14.7 Å². The predicted molar refractivity (Wildman–Crippen MR) is 101 cm³/mol. The molecule has 0 unspecified atom stereocenters. The molecule has 7 nitrogen and oxygen atoms in total. The molecule has 134 valence electrons. The lowest BCUT2D eigenvalue weighted by molar-refractivity contribution is 0.0322. The molecule has 4 aromatic rings. The zero-order chi connectivity index (χ0) is 19.0. The normalized spacial score (nSPS) is 12.2. The fourth-order valence-electron chi connectivity index (χ4n) is 2.95. The minimum atomic E-state index is -0.798. The average molecular weight is 361 g/mol. The van der Waals surface area contributed by atoms with Gasteiger partial charge >= 0.3 is 5.97 Å². The number of rotatable bonds is 3. The third-order valence-electron chi connectivity index (χ3n) is 4.27. The minimum absolute atomic E-state index is 0.157. The van der Waals surface area contributed by atoms with E-state index in [0.717, 1.165) is 0 Å². The summed E-state index contributed by atoms with van der Waals surface area (Å²) in [7, 11) is 0. The van der Waals surface area contributed by atoms with Crippen LogP contribution in [-0.4, -0.2) is 20.9 Å². The van der Waals surface area contributed by atoms with E-state index in [1.165, 1.54) is 6.07 Å². The molecule has 0 saturated heterocycles. The Kier molecular flexibility index (Phi) is 4.04. The van der Waals surface area contributed by atoms with Crippen LogP contribution in [0.5, 0.6) is 0 Å². The maximum Gasteiger partial charge on any atom is 0.339 e. The van der Waals surface area contributed by atoms with Crippen LogP contribution < -0.4 is 11.1 Å². The molecule has 0 spiro atoms.